The highest BCUT2D eigenvalue weighted by molar-refractivity contribution is 7.89. The molecule has 0 spiro atoms. The Bertz CT molecular complexity index is 805. The lowest BCUT2D eigenvalue weighted by atomic mass is 10.1. The van der Waals surface area contributed by atoms with Gasteiger partial charge in [-0.1, -0.05) is 30.2 Å². The fourth-order valence-electron chi connectivity index (χ4n) is 2.90. The number of nitrogens with zero attached hydrogens (tertiary/aromatic N) is 1. The summed E-state index contributed by atoms with van der Waals surface area (Å²) >= 11 is 6.07. The number of piperidine rings is 1. The number of para-hydroxylation sites is 1. The molecule has 0 aromatic heterocycles. The van der Waals surface area contributed by atoms with Crippen LogP contribution in [0.25, 0.3) is 0 Å². The Morgan fingerprint density at radius 1 is 1.08 bits per heavy atom. The molecule has 0 aliphatic carbocycles. The molecular formula is C18H20ClNO3S. The maximum Gasteiger partial charge on any atom is 0.243 e. The lowest BCUT2D eigenvalue weighted by Crippen LogP contribution is -2.41. The number of sulfonamides is 1. The van der Waals surface area contributed by atoms with Crippen molar-refractivity contribution in [3.8, 4) is 11.5 Å². The maximum absolute atomic E-state index is 12.8. The first-order valence-electron chi connectivity index (χ1n) is 8.03. The highest BCUT2D eigenvalue weighted by Gasteiger charge is 2.30. The van der Waals surface area contributed by atoms with E-state index in [2.05, 4.69) is 0 Å². The summed E-state index contributed by atoms with van der Waals surface area (Å²) in [6.45, 7) is 2.55. The van der Waals surface area contributed by atoms with E-state index >= 15 is 0 Å². The van der Waals surface area contributed by atoms with Gasteiger partial charge < -0.3 is 4.74 Å². The lowest BCUT2D eigenvalue weighted by Gasteiger charge is -2.32. The van der Waals surface area contributed by atoms with Crippen LogP contribution in [0.15, 0.2) is 53.4 Å². The average Bonchev–Trinajstić information content (AvgIpc) is 2.58. The second kappa shape index (κ2) is 7.13. The van der Waals surface area contributed by atoms with Crippen molar-refractivity contribution in [2.45, 2.75) is 37.1 Å². The van der Waals surface area contributed by atoms with Gasteiger partial charge in [-0.3, -0.25) is 0 Å². The molecule has 0 saturated carbocycles. The molecule has 1 unspecified atom stereocenters. The van der Waals surface area contributed by atoms with E-state index in [1.54, 1.807) is 40.7 Å². The van der Waals surface area contributed by atoms with Crippen LogP contribution in [-0.4, -0.2) is 25.3 Å². The van der Waals surface area contributed by atoms with Crippen molar-refractivity contribution < 1.29 is 13.2 Å². The molecule has 0 amide bonds. The van der Waals surface area contributed by atoms with Crippen LogP contribution < -0.4 is 4.74 Å². The Morgan fingerprint density at radius 3 is 2.46 bits per heavy atom. The zero-order chi connectivity index (χ0) is 17.2. The topological polar surface area (TPSA) is 46.6 Å². The first-order chi connectivity index (χ1) is 11.5. The zero-order valence-electron chi connectivity index (χ0n) is 13.5. The smallest absolute Gasteiger partial charge is 0.243 e. The van der Waals surface area contributed by atoms with Gasteiger partial charge in [-0.05, 0) is 56.2 Å². The summed E-state index contributed by atoms with van der Waals surface area (Å²) in [5.41, 5.74) is 0. The zero-order valence-corrected chi connectivity index (χ0v) is 15.1. The third kappa shape index (κ3) is 3.58. The van der Waals surface area contributed by atoms with E-state index in [1.165, 1.54) is 0 Å². The molecule has 0 bridgehead atoms. The molecule has 1 aliphatic rings. The van der Waals surface area contributed by atoms with E-state index in [4.69, 9.17) is 16.3 Å². The van der Waals surface area contributed by atoms with Gasteiger partial charge in [0, 0.05) is 12.6 Å². The first-order valence-corrected chi connectivity index (χ1v) is 9.84. The predicted molar refractivity (Wildman–Crippen MR) is 95.2 cm³/mol. The van der Waals surface area contributed by atoms with E-state index in [1.807, 2.05) is 19.1 Å². The van der Waals surface area contributed by atoms with Crippen molar-refractivity contribution in [3.63, 3.8) is 0 Å². The highest BCUT2D eigenvalue weighted by atomic mass is 35.5. The normalized spacial score (nSPS) is 19.2. The lowest BCUT2D eigenvalue weighted by molar-refractivity contribution is 0.268. The van der Waals surface area contributed by atoms with Crippen LogP contribution in [0, 0.1) is 0 Å². The van der Waals surface area contributed by atoms with Crippen LogP contribution >= 0.6 is 11.6 Å². The van der Waals surface area contributed by atoms with Crippen molar-refractivity contribution in [2.24, 2.45) is 0 Å². The maximum atomic E-state index is 12.8. The molecule has 128 valence electrons. The van der Waals surface area contributed by atoms with Crippen molar-refractivity contribution in [3.05, 3.63) is 53.6 Å². The van der Waals surface area contributed by atoms with E-state index in [9.17, 15) is 8.42 Å². The van der Waals surface area contributed by atoms with Gasteiger partial charge in [-0.2, -0.15) is 4.31 Å². The van der Waals surface area contributed by atoms with Gasteiger partial charge >= 0.3 is 0 Å². The molecule has 0 radical (unpaired) electrons. The fraction of sp³-hybridized carbons (Fsp3) is 0.333. The summed E-state index contributed by atoms with van der Waals surface area (Å²) in [5, 5.41) is 0.510. The van der Waals surface area contributed by atoms with Crippen LogP contribution in [0.3, 0.4) is 0 Å². The summed E-state index contributed by atoms with van der Waals surface area (Å²) in [7, 11) is -3.46. The number of hydrogen-bond acceptors (Lipinski definition) is 3. The Hall–Kier alpha value is -1.56. The molecule has 1 heterocycles. The Labute approximate surface area is 148 Å². The van der Waals surface area contributed by atoms with Crippen molar-refractivity contribution >= 4 is 21.6 Å². The van der Waals surface area contributed by atoms with Gasteiger partial charge in [0.05, 0.1) is 9.92 Å². The van der Waals surface area contributed by atoms with Crippen LogP contribution in [0.5, 0.6) is 11.5 Å². The van der Waals surface area contributed by atoms with E-state index in [0.29, 0.717) is 28.0 Å². The molecule has 1 aliphatic heterocycles. The highest BCUT2D eigenvalue weighted by Crippen LogP contribution is 2.30. The van der Waals surface area contributed by atoms with E-state index in [0.717, 1.165) is 19.3 Å². The monoisotopic (exact) mass is 365 g/mol. The standard InChI is InChI=1S/C18H20ClNO3S/c1-14-6-4-5-13-20(14)24(21,22)16-11-9-15(10-12-16)23-18-8-3-2-7-17(18)19/h2-3,7-12,14H,4-6,13H2,1H3. The predicted octanol–water partition coefficient (Wildman–Crippen LogP) is 4.70. The van der Waals surface area contributed by atoms with Crippen LogP contribution in [0.2, 0.25) is 5.02 Å². The van der Waals surface area contributed by atoms with Gasteiger partial charge in [-0.25, -0.2) is 8.42 Å². The largest absolute Gasteiger partial charge is 0.456 e. The summed E-state index contributed by atoms with van der Waals surface area (Å²) in [5.74, 6) is 1.09. The van der Waals surface area contributed by atoms with Crippen molar-refractivity contribution in [1.29, 1.82) is 0 Å². The number of benzene rings is 2. The first kappa shape index (κ1) is 17.3. The number of hydrogen-bond donors (Lipinski definition) is 0. The van der Waals surface area contributed by atoms with Crippen LogP contribution in [-0.2, 0) is 10.0 Å². The molecule has 2 aromatic carbocycles. The molecule has 1 saturated heterocycles. The molecule has 6 heteroatoms. The second-order valence-electron chi connectivity index (χ2n) is 5.96. The summed E-state index contributed by atoms with van der Waals surface area (Å²) in [6.07, 6.45) is 2.90. The molecule has 1 fully saturated rings. The molecule has 3 rings (SSSR count). The van der Waals surface area contributed by atoms with Crippen molar-refractivity contribution in [2.75, 3.05) is 6.54 Å². The summed E-state index contributed by atoms with van der Waals surface area (Å²) in [6, 6.07) is 13.7. The molecule has 0 N–H and O–H groups in total. The summed E-state index contributed by atoms with van der Waals surface area (Å²) in [4.78, 5) is 0.294. The van der Waals surface area contributed by atoms with Crippen LogP contribution in [0.4, 0.5) is 0 Å². The number of halogens is 1. The minimum Gasteiger partial charge on any atom is -0.456 e. The molecule has 1 atom stereocenters. The fourth-order valence-corrected chi connectivity index (χ4v) is 4.77. The molecular weight excluding hydrogens is 346 g/mol. The third-order valence-corrected chi connectivity index (χ3v) is 6.58. The van der Waals surface area contributed by atoms with E-state index in [-0.39, 0.29) is 6.04 Å². The Kier molecular flexibility index (Phi) is 5.13. The molecule has 4 nitrogen and oxygen atoms in total. The Morgan fingerprint density at radius 2 is 1.79 bits per heavy atom. The molecule has 24 heavy (non-hydrogen) atoms. The van der Waals surface area contributed by atoms with E-state index < -0.39 is 10.0 Å². The van der Waals surface area contributed by atoms with Crippen LogP contribution in [0.1, 0.15) is 26.2 Å². The average molecular weight is 366 g/mol. The van der Waals surface area contributed by atoms with Gasteiger partial charge in [0.25, 0.3) is 0 Å². The number of ether oxygens (including phenoxy) is 1. The minimum atomic E-state index is -3.46. The van der Waals surface area contributed by atoms with Gasteiger partial charge in [-0.15, -0.1) is 0 Å². The number of rotatable bonds is 4. The minimum absolute atomic E-state index is 0.0443. The Balaban J connectivity index is 1.80. The summed E-state index contributed by atoms with van der Waals surface area (Å²) < 4.78 is 32.9. The van der Waals surface area contributed by atoms with Gasteiger partial charge in [0.1, 0.15) is 11.5 Å². The van der Waals surface area contributed by atoms with Crippen molar-refractivity contribution in [1.82, 2.24) is 4.31 Å². The molecule has 2 aromatic rings. The van der Waals surface area contributed by atoms with Gasteiger partial charge in [0.15, 0.2) is 0 Å². The third-order valence-electron chi connectivity index (χ3n) is 4.24. The SMILES string of the molecule is CC1CCCCN1S(=O)(=O)c1ccc(Oc2ccccc2Cl)cc1. The van der Waals surface area contributed by atoms with Gasteiger partial charge in [0.2, 0.25) is 10.0 Å². The quantitative estimate of drug-likeness (QED) is 0.789. The second-order valence-corrected chi connectivity index (χ2v) is 8.26.